The number of carbonyl (C=O) groups is 1. The van der Waals surface area contributed by atoms with Gasteiger partial charge >= 0.3 is 6.09 Å². The molecule has 0 aliphatic heterocycles. The van der Waals surface area contributed by atoms with Gasteiger partial charge in [0.2, 0.25) is 0 Å². The molecule has 0 aromatic heterocycles. The summed E-state index contributed by atoms with van der Waals surface area (Å²) in [6.07, 6.45) is -0.480. The Labute approximate surface area is 92.6 Å². The van der Waals surface area contributed by atoms with Crippen molar-refractivity contribution in [1.29, 1.82) is 0 Å². The Balaban J connectivity index is 2.64. The van der Waals surface area contributed by atoms with Crippen molar-refractivity contribution in [1.82, 2.24) is 4.90 Å². The first-order valence-electron chi connectivity index (χ1n) is 4.58. The first-order chi connectivity index (χ1) is 7.50. The van der Waals surface area contributed by atoms with Gasteiger partial charge in [0.05, 0.1) is 4.92 Å². The zero-order valence-electron chi connectivity index (χ0n) is 9.04. The molecule has 6 heteroatoms. The number of hydrogen-bond donors (Lipinski definition) is 0. The molecule has 0 unspecified atom stereocenters. The second kappa shape index (κ2) is 5.11. The maximum atomic E-state index is 11.1. The smallest absolute Gasteiger partial charge is 0.409 e. The summed E-state index contributed by atoms with van der Waals surface area (Å²) in [6.45, 7) is 0.0265. The van der Waals surface area contributed by atoms with Crippen LogP contribution in [0.2, 0.25) is 0 Å². The van der Waals surface area contributed by atoms with Crippen LogP contribution in [0.3, 0.4) is 0 Å². The average Bonchev–Trinajstić information content (AvgIpc) is 2.26. The highest BCUT2D eigenvalue weighted by molar-refractivity contribution is 5.66. The molecule has 0 N–H and O–H groups in total. The fourth-order valence-corrected chi connectivity index (χ4v) is 1.03. The molecule has 1 amide bonds. The van der Waals surface area contributed by atoms with Gasteiger partial charge in [0.25, 0.3) is 5.69 Å². The second-order valence-corrected chi connectivity index (χ2v) is 3.38. The molecule has 1 rings (SSSR count). The predicted molar refractivity (Wildman–Crippen MR) is 57.0 cm³/mol. The molecular formula is C10H12N2O4. The van der Waals surface area contributed by atoms with Gasteiger partial charge in [0, 0.05) is 26.2 Å². The van der Waals surface area contributed by atoms with E-state index in [0.717, 1.165) is 0 Å². The van der Waals surface area contributed by atoms with Crippen LogP contribution in [-0.2, 0) is 11.3 Å². The highest BCUT2D eigenvalue weighted by Crippen LogP contribution is 2.13. The number of rotatable bonds is 3. The van der Waals surface area contributed by atoms with Gasteiger partial charge < -0.3 is 9.64 Å². The molecule has 0 saturated carbocycles. The van der Waals surface area contributed by atoms with Crippen LogP contribution in [0, 0.1) is 10.1 Å². The monoisotopic (exact) mass is 224 g/mol. The second-order valence-electron chi connectivity index (χ2n) is 3.38. The standard InChI is InChI=1S/C10H12N2O4/c1-11(2)10(13)16-7-8-4-3-5-9(6-8)12(14)15/h3-6H,7H2,1-2H3. The van der Waals surface area contributed by atoms with Gasteiger partial charge in [-0.25, -0.2) is 4.79 Å². The van der Waals surface area contributed by atoms with E-state index in [1.165, 1.54) is 17.0 Å². The summed E-state index contributed by atoms with van der Waals surface area (Å²) in [5.41, 5.74) is 0.572. The topological polar surface area (TPSA) is 72.7 Å². The molecule has 0 aliphatic rings. The van der Waals surface area contributed by atoms with Gasteiger partial charge in [-0.3, -0.25) is 10.1 Å². The lowest BCUT2D eigenvalue weighted by molar-refractivity contribution is -0.384. The summed E-state index contributed by atoms with van der Waals surface area (Å²) < 4.78 is 4.89. The van der Waals surface area contributed by atoms with Crippen LogP contribution >= 0.6 is 0 Å². The number of nitrogens with zero attached hydrogens (tertiary/aromatic N) is 2. The zero-order chi connectivity index (χ0) is 12.1. The summed E-state index contributed by atoms with van der Waals surface area (Å²) in [6, 6.07) is 5.98. The van der Waals surface area contributed by atoms with E-state index in [1.54, 1.807) is 26.2 Å². The lowest BCUT2D eigenvalue weighted by atomic mass is 10.2. The van der Waals surface area contributed by atoms with Gasteiger partial charge in [-0.05, 0) is 5.56 Å². The molecule has 0 radical (unpaired) electrons. The van der Waals surface area contributed by atoms with Crippen LogP contribution in [0.25, 0.3) is 0 Å². The normalized spacial score (nSPS) is 9.62. The first kappa shape index (κ1) is 12.0. The van der Waals surface area contributed by atoms with E-state index < -0.39 is 11.0 Å². The first-order valence-corrected chi connectivity index (χ1v) is 4.58. The summed E-state index contributed by atoms with van der Waals surface area (Å²) in [4.78, 5) is 22.4. The summed E-state index contributed by atoms with van der Waals surface area (Å²) >= 11 is 0. The van der Waals surface area contributed by atoms with Crippen LogP contribution in [0.5, 0.6) is 0 Å². The molecule has 1 aromatic carbocycles. The quantitative estimate of drug-likeness (QED) is 0.579. The zero-order valence-corrected chi connectivity index (χ0v) is 9.04. The van der Waals surface area contributed by atoms with Crippen LogP contribution in [0.4, 0.5) is 10.5 Å². The highest BCUT2D eigenvalue weighted by atomic mass is 16.6. The number of amides is 1. The van der Waals surface area contributed by atoms with Crippen molar-refractivity contribution in [3.05, 3.63) is 39.9 Å². The van der Waals surface area contributed by atoms with Crippen molar-refractivity contribution in [3.63, 3.8) is 0 Å². The SMILES string of the molecule is CN(C)C(=O)OCc1cccc([N+](=O)[O-])c1. The van der Waals surface area contributed by atoms with E-state index in [4.69, 9.17) is 4.74 Å². The number of hydrogen-bond acceptors (Lipinski definition) is 4. The van der Waals surface area contributed by atoms with E-state index in [0.29, 0.717) is 5.56 Å². The minimum absolute atomic E-state index is 0.0154. The lowest BCUT2D eigenvalue weighted by Crippen LogP contribution is -2.22. The molecule has 1 aromatic rings. The molecule has 0 spiro atoms. The maximum absolute atomic E-state index is 11.1. The van der Waals surface area contributed by atoms with Gasteiger partial charge in [0.1, 0.15) is 6.61 Å². The molecule has 0 saturated heterocycles. The van der Waals surface area contributed by atoms with Crippen LogP contribution < -0.4 is 0 Å². The fourth-order valence-electron chi connectivity index (χ4n) is 1.03. The highest BCUT2D eigenvalue weighted by Gasteiger charge is 2.08. The van der Waals surface area contributed by atoms with Gasteiger partial charge in [-0.2, -0.15) is 0 Å². The van der Waals surface area contributed by atoms with Crippen LogP contribution in [0.15, 0.2) is 24.3 Å². The molecule has 0 heterocycles. The third-order valence-corrected chi connectivity index (χ3v) is 1.85. The maximum Gasteiger partial charge on any atom is 0.409 e. The Morgan fingerprint density at radius 1 is 1.50 bits per heavy atom. The van der Waals surface area contributed by atoms with E-state index >= 15 is 0 Å². The number of nitro benzene ring substituents is 1. The third-order valence-electron chi connectivity index (χ3n) is 1.85. The molecule has 86 valence electrons. The Kier molecular flexibility index (Phi) is 3.82. The summed E-state index contributed by atoms with van der Waals surface area (Å²) in [7, 11) is 3.13. The van der Waals surface area contributed by atoms with Crippen molar-refractivity contribution in [2.24, 2.45) is 0 Å². The van der Waals surface area contributed by atoms with Gasteiger partial charge in [0.15, 0.2) is 0 Å². The van der Waals surface area contributed by atoms with Crippen molar-refractivity contribution in [2.45, 2.75) is 6.61 Å². The number of carbonyl (C=O) groups excluding carboxylic acids is 1. The van der Waals surface area contributed by atoms with Gasteiger partial charge in [-0.15, -0.1) is 0 Å². The van der Waals surface area contributed by atoms with E-state index in [9.17, 15) is 14.9 Å². The molecule has 0 bridgehead atoms. The summed E-state index contributed by atoms with van der Waals surface area (Å²) in [5, 5.41) is 10.5. The number of nitro groups is 1. The minimum Gasteiger partial charge on any atom is -0.445 e. The molecule has 0 fully saturated rings. The number of benzene rings is 1. The van der Waals surface area contributed by atoms with Crippen molar-refractivity contribution < 1.29 is 14.5 Å². The van der Waals surface area contributed by atoms with Crippen molar-refractivity contribution in [2.75, 3.05) is 14.1 Å². The molecule has 16 heavy (non-hydrogen) atoms. The predicted octanol–water partition coefficient (Wildman–Crippen LogP) is 1.79. The van der Waals surface area contributed by atoms with Crippen molar-refractivity contribution >= 4 is 11.8 Å². The molecule has 0 atom stereocenters. The van der Waals surface area contributed by atoms with Gasteiger partial charge in [-0.1, -0.05) is 12.1 Å². The third kappa shape index (κ3) is 3.23. The molecule has 6 nitrogen and oxygen atoms in total. The lowest BCUT2D eigenvalue weighted by Gasteiger charge is -2.10. The van der Waals surface area contributed by atoms with E-state index in [-0.39, 0.29) is 12.3 Å². The fraction of sp³-hybridized carbons (Fsp3) is 0.300. The van der Waals surface area contributed by atoms with Crippen molar-refractivity contribution in [3.8, 4) is 0 Å². The number of ether oxygens (including phenoxy) is 1. The van der Waals surface area contributed by atoms with Crippen LogP contribution in [-0.4, -0.2) is 30.0 Å². The largest absolute Gasteiger partial charge is 0.445 e. The van der Waals surface area contributed by atoms with Crippen LogP contribution in [0.1, 0.15) is 5.56 Å². The molecule has 0 aliphatic carbocycles. The Morgan fingerprint density at radius 2 is 2.19 bits per heavy atom. The summed E-state index contributed by atoms with van der Waals surface area (Å²) in [5.74, 6) is 0. The average molecular weight is 224 g/mol. The van der Waals surface area contributed by atoms with E-state index in [2.05, 4.69) is 0 Å². The Morgan fingerprint density at radius 3 is 2.75 bits per heavy atom. The Hall–Kier alpha value is -2.11. The van der Waals surface area contributed by atoms with E-state index in [1.807, 2.05) is 0 Å². The minimum atomic E-state index is -0.489. The Bertz CT molecular complexity index is 404. The number of non-ortho nitro benzene ring substituents is 1. The molecular weight excluding hydrogens is 212 g/mol.